The maximum absolute atomic E-state index is 12.9. The number of pyridine rings is 1. The smallest absolute Gasteiger partial charge is 0.339 e. The van der Waals surface area contributed by atoms with Gasteiger partial charge in [0.2, 0.25) is 0 Å². The molecule has 1 N–H and O–H groups in total. The van der Waals surface area contributed by atoms with E-state index < -0.39 is 11.9 Å². The lowest BCUT2D eigenvalue weighted by Gasteiger charge is -2.16. The third-order valence-corrected chi connectivity index (χ3v) is 4.29. The van der Waals surface area contributed by atoms with Crippen LogP contribution in [0, 0.1) is 0 Å². The summed E-state index contributed by atoms with van der Waals surface area (Å²) in [6.07, 6.45) is 1.10. The van der Waals surface area contributed by atoms with E-state index in [2.05, 4.69) is 15.0 Å². The monoisotopic (exact) mass is 436 g/mol. The van der Waals surface area contributed by atoms with Crippen molar-refractivity contribution in [2.45, 2.75) is 13.0 Å². The Balaban J connectivity index is 1.83. The number of aromatic nitrogens is 1. The molecule has 1 aromatic heterocycles. The van der Waals surface area contributed by atoms with Gasteiger partial charge in [-0.05, 0) is 43.3 Å². The molecule has 0 fully saturated rings. The van der Waals surface area contributed by atoms with Crippen molar-refractivity contribution >= 4 is 17.7 Å². The van der Waals surface area contributed by atoms with E-state index in [0.29, 0.717) is 29.4 Å². The lowest BCUT2D eigenvalue weighted by molar-refractivity contribution is 0.0600. The number of anilines is 1. The van der Waals surface area contributed by atoms with E-state index in [4.69, 9.17) is 14.2 Å². The van der Waals surface area contributed by atoms with Gasteiger partial charge in [0, 0.05) is 24.9 Å². The third-order valence-electron chi connectivity index (χ3n) is 4.29. The molecule has 2 aromatic carbocycles. The molecular formula is C24H24N2O6. The number of carbonyl (C=O) groups excluding carboxylic acids is 2. The van der Waals surface area contributed by atoms with Crippen molar-refractivity contribution in [3.63, 3.8) is 0 Å². The first-order chi connectivity index (χ1) is 15.5. The van der Waals surface area contributed by atoms with Gasteiger partial charge in [0.25, 0.3) is 5.91 Å². The van der Waals surface area contributed by atoms with Crippen molar-refractivity contribution in [1.29, 1.82) is 0 Å². The van der Waals surface area contributed by atoms with Gasteiger partial charge in [-0.2, -0.15) is 0 Å². The number of para-hydroxylation sites is 1. The Kier molecular flexibility index (Phi) is 7.77. The lowest BCUT2D eigenvalue weighted by atomic mass is 10.1. The van der Waals surface area contributed by atoms with E-state index in [9.17, 15) is 9.59 Å². The maximum atomic E-state index is 12.9. The fourth-order valence-corrected chi connectivity index (χ4v) is 2.85. The largest absolute Gasteiger partial charge is 0.488 e. The molecule has 32 heavy (non-hydrogen) atoms. The number of hydrogen-bond acceptors (Lipinski definition) is 7. The molecule has 8 heteroatoms. The molecule has 0 unspecified atom stereocenters. The number of ether oxygens (including phenoxy) is 4. The van der Waals surface area contributed by atoms with Crippen LogP contribution < -0.4 is 14.8 Å². The number of carbonyl (C=O) groups is 2. The van der Waals surface area contributed by atoms with Crippen LogP contribution in [0.1, 0.15) is 27.6 Å². The van der Waals surface area contributed by atoms with E-state index in [1.807, 2.05) is 37.3 Å². The highest BCUT2D eigenvalue weighted by Gasteiger charge is 2.14. The second kappa shape index (κ2) is 10.9. The summed E-state index contributed by atoms with van der Waals surface area (Å²) in [5.74, 6) is 0.895. The van der Waals surface area contributed by atoms with Crippen LogP contribution in [-0.2, 0) is 9.47 Å². The average molecular weight is 436 g/mol. The van der Waals surface area contributed by atoms with Gasteiger partial charge in [0.1, 0.15) is 29.2 Å². The van der Waals surface area contributed by atoms with E-state index >= 15 is 0 Å². The van der Waals surface area contributed by atoms with Crippen molar-refractivity contribution in [2.24, 2.45) is 0 Å². The van der Waals surface area contributed by atoms with Crippen molar-refractivity contribution in [2.75, 3.05) is 26.1 Å². The molecule has 0 radical (unpaired) electrons. The zero-order valence-electron chi connectivity index (χ0n) is 18.0. The maximum Gasteiger partial charge on any atom is 0.339 e. The fraction of sp³-hybridized carbons (Fsp3) is 0.208. The SMILES string of the molecule is COC[C@H](C)Oc1cc(Oc2ccccc2)cc(C(=O)Nc2ccc(C(=O)OC)cn2)c1. The van der Waals surface area contributed by atoms with Crippen molar-refractivity contribution in [1.82, 2.24) is 4.98 Å². The molecule has 0 saturated carbocycles. The zero-order chi connectivity index (χ0) is 22.9. The average Bonchev–Trinajstić information content (AvgIpc) is 2.79. The Morgan fingerprint density at radius 2 is 1.69 bits per heavy atom. The molecule has 0 aliphatic heterocycles. The summed E-state index contributed by atoms with van der Waals surface area (Å²) in [4.78, 5) is 28.5. The highest BCUT2D eigenvalue weighted by atomic mass is 16.5. The summed E-state index contributed by atoms with van der Waals surface area (Å²) in [6, 6.07) is 17.2. The number of hydrogen-bond donors (Lipinski definition) is 1. The normalized spacial score (nSPS) is 11.3. The summed E-state index contributed by atoms with van der Waals surface area (Å²) < 4.78 is 21.5. The van der Waals surface area contributed by atoms with Gasteiger partial charge in [-0.15, -0.1) is 0 Å². The first-order valence-electron chi connectivity index (χ1n) is 9.88. The number of nitrogens with zero attached hydrogens (tertiary/aromatic N) is 1. The van der Waals surface area contributed by atoms with Gasteiger partial charge in [-0.25, -0.2) is 9.78 Å². The number of rotatable bonds is 9. The molecule has 0 aliphatic carbocycles. The third kappa shape index (κ3) is 6.29. The van der Waals surface area contributed by atoms with Crippen molar-refractivity contribution in [3.05, 3.63) is 78.0 Å². The summed E-state index contributed by atoms with van der Waals surface area (Å²) in [6.45, 7) is 2.25. The molecule has 3 rings (SSSR count). The molecule has 1 atom stereocenters. The second-order valence-corrected chi connectivity index (χ2v) is 6.87. The van der Waals surface area contributed by atoms with Gasteiger partial charge >= 0.3 is 5.97 Å². The minimum Gasteiger partial charge on any atom is -0.488 e. The predicted molar refractivity (Wildman–Crippen MR) is 118 cm³/mol. The molecular weight excluding hydrogens is 412 g/mol. The summed E-state index contributed by atoms with van der Waals surface area (Å²) in [5, 5.41) is 2.70. The highest BCUT2D eigenvalue weighted by molar-refractivity contribution is 6.04. The van der Waals surface area contributed by atoms with E-state index in [1.165, 1.54) is 25.4 Å². The summed E-state index contributed by atoms with van der Waals surface area (Å²) in [5.41, 5.74) is 0.600. The van der Waals surface area contributed by atoms with Crippen LogP contribution in [0.25, 0.3) is 0 Å². The molecule has 0 spiro atoms. The first kappa shape index (κ1) is 22.8. The van der Waals surface area contributed by atoms with Gasteiger partial charge in [-0.3, -0.25) is 4.79 Å². The van der Waals surface area contributed by atoms with Crippen molar-refractivity contribution < 1.29 is 28.5 Å². The molecule has 1 amide bonds. The van der Waals surface area contributed by atoms with Crippen molar-refractivity contribution in [3.8, 4) is 17.2 Å². The van der Waals surface area contributed by atoms with Crippen LogP contribution in [0.5, 0.6) is 17.2 Å². The number of esters is 1. The Morgan fingerprint density at radius 1 is 0.938 bits per heavy atom. The van der Waals surface area contributed by atoms with Crippen LogP contribution in [-0.4, -0.2) is 43.8 Å². The lowest BCUT2D eigenvalue weighted by Crippen LogP contribution is -2.19. The highest BCUT2D eigenvalue weighted by Crippen LogP contribution is 2.28. The number of methoxy groups -OCH3 is 2. The molecule has 0 bridgehead atoms. The Labute approximate surface area is 186 Å². The molecule has 3 aromatic rings. The number of benzene rings is 2. The molecule has 8 nitrogen and oxygen atoms in total. The Hall–Kier alpha value is -3.91. The fourth-order valence-electron chi connectivity index (χ4n) is 2.85. The predicted octanol–water partition coefficient (Wildman–Crippen LogP) is 4.33. The van der Waals surface area contributed by atoms with E-state index in [-0.39, 0.29) is 17.5 Å². The molecule has 1 heterocycles. The van der Waals surface area contributed by atoms with E-state index in [1.54, 1.807) is 25.3 Å². The number of amides is 1. The van der Waals surface area contributed by atoms with Gasteiger partial charge in [0.05, 0.1) is 19.3 Å². The second-order valence-electron chi connectivity index (χ2n) is 6.87. The van der Waals surface area contributed by atoms with E-state index in [0.717, 1.165) is 0 Å². The van der Waals surface area contributed by atoms with Crippen LogP contribution in [0.4, 0.5) is 5.82 Å². The van der Waals surface area contributed by atoms with Gasteiger partial charge in [-0.1, -0.05) is 18.2 Å². The minimum atomic E-state index is -0.506. The summed E-state index contributed by atoms with van der Waals surface area (Å²) >= 11 is 0. The standard InChI is InChI=1S/C24H24N2O6/c1-16(15-29-2)31-20-11-18(12-21(13-20)32-19-7-5-4-6-8-19)23(27)26-22-10-9-17(14-25-22)24(28)30-3/h4-14,16H,15H2,1-3H3,(H,25,26,27)/t16-/m0/s1. The van der Waals surface area contributed by atoms with Crippen LogP contribution in [0.3, 0.4) is 0 Å². The minimum absolute atomic E-state index is 0.226. The topological polar surface area (TPSA) is 96.0 Å². The quantitative estimate of drug-likeness (QED) is 0.499. The first-order valence-corrected chi connectivity index (χ1v) is 9.88. The van der Waals surface area contributed by atoms with Crippen LogP contribution in [0.2, 0.25) is 0 Å². The van der Waals surface area contributed by atoms with Crippen LogP contribution >= 0.6 is 0 Å². The van der Waals surface area contributed by atoms with Gasteiger partial charge in [0.15, 0.2) is 0 Å². The number of nitrogens with one attached hydrogen (secondary N) is 1. The Bertz CT molecular complexity index is 1050. The Morgan fingerprint density at radius 3 is 2.34 bits per heavy atom. The molecule has 0 aliphatic rings. The molecule has 166 valence electrons. The van der Waals surface area contributed by atoms with Gasteiger partial charge < -0.3 is 24.3 Å². The summed E-state index contributed by atoms with van der Waals surface area (Å²) in [7, 11) is 2.88. The zero-order valence-corrected chi connectivity index (χ0v) is 18.0. The van der Waals surface area contributed by atoms with Crippen LogP contribution in [0.15, 0.2) is 66.9 Å². The molecule has 0 saturated heterocycles.